The summed E-state index contributed by atoms with van der Waals surface area (Å²) in [6, 6.07) is 84.5. The Balaban J connectivity index is 1.03. The zero-order valence-corrected chi connectivity index (χ0v) is 38.0. The van der Waals surface area contributed by atoms with Crippen LogP contribution in [0.2, 0.25) is 0 Å². The average molecular weight is 898 g/mol. The van der Waals surface area contributed by atoms with Crippen molar-refractivity contribution in [1.82, 2.24) is 24.1 Å². The zero-order valence-electron chi connectivity index (χ0n) is 37.2. The molecule has 0 atom stereocenters. The number of hydrogen-bond donors (Lipinski definition) is 0. The van der Waals surface area contributed by atoms with Gasteiger partial charge in [0.25, 0.3) is 0 Å². The molecule has 0 fully saturated rings. The maximum atomic E-state index is 5.49. The number of aromatic nitrogens is 5. The molecular formula is C63H39N5S. The highest BCUT2D eigenvalue weighted by Crippen LogP contribution is 2.44. The highest BCUT2D eigenvalue weighted by atomic mass is 32.1. The van der Waals surface area contributed by atoms with Crippen molar-refractivity contribution < 1.29 is 0 Å². The summed E-state index contributed by atoms with van der Waals surface area (Å²) in [7, 11) is 0. The third-order valence-electron chi connectivity index (χ3n) is 13.6. The predicted octanol–water partition coefficient (Wildman–Crippen LogP) is 16.8. The molecule has 10 aromatic carbocycles. The van der Waals surface area contributed by atoms with E-state index in [0.717, 1.165) is 77.4 Å². The third-order valence-corrected chi connectivity index (χ3v) is 14.7. The number of rotatable bonds is 7. The molecule has 14 rings (SSSR count). The van der Waals surface area contributed by atoms with E-state index in [9.17, 15) is 0 Å². The second-order valence-electron chi connectivity index (χ2n) is 17.5. The Morgan fingerprint density at radius 3 is 1.58 bits per heavy atom. The summed E-state index contributed by atoms with van der Waals surface area (Å²) >= 11 is 1.80. The topological polar surface area (TPSA) is 48.5 Å². The first-order chi connectivity index (χ1) is 34.2. The molecule has 0 spiro atoms. The SMILES string of the molecule is c1ccc(-c2cccc(-c3nc(-c4cccc5sc6ccccc6c45)nc(-c4cccc5c4c4ccccc4n5-c4cccc5c6ccccc6n(-c6cccc(-c7ccccc7)c6)c45)n3)c2)cc1. The Morgan fingerprint density at radius 1 is 0.304 bits per heavy atom. The highest BCUT2D eigenvalue weighted by Gasteiger charge is 2.24. The molecule has 69 heavy (non-hydrogen) atoms. The van der Waals surface area contributed by atoms with Crippen LogP contribution in [0, 0.1) is 0 Å². The molecule has 5 nitrogen and oxygen atoms in total. The summed E-state index contributed by atoms with van der Waals surface area (Å²) in [6.07, 6.45) is 0. The first-order valence-corrected chi connectivity index (χ1v) is 24.1. The van der Waals surface area contributed by atoms with Crippen molar-refractivity contribution >= 4 is 75.1 Å². The van der Waals surface area contributed by atoms with Crippen LogP contribution in [-0.2, 0) is 0 Å². The van der Waals surface area contributed by atoms with E-state index in [4.69, 9.17) is 15.0 Å². The summed E-state index contributed by atoms with van der Waals surface area (Å²) in [6.45, 7) is 0. The van der Waals surface area contributed by atoms with Gasteiger partial charge in [-0.1, -0.05) is 182 Å². The van der Waals surface area contributed by atoms with Crippen molar-refractivity contribution in [2.24, 2.45) is 0 Å². The monoisotopic (exact) mass is 897 g/mol. The first kappa shape index (κ1) is 39.2. The smallest absolute Gasteiger partial charge is 0.164 e. The number of benzene rings is 10. The Hall–Kier alpha value is -8.97. The van der Waals surface area contributed by atoms with Gasteiger partial charge >= 0.3 is 0 Å². The van der Waals surface area contributed by atoms with E-state index in [1.165, 1.54) is 36.7 Å². The minimum Gasteiger partial charge on any atom is -0.307 e. The largest absolute Gasteiger partial charge is 0.307 e. The van der Waals surface area contributed by atoms with Crippen LogP contribution in [-0.4, -0.2) is 24.1 Å². The van der Waals surface area contributed by atoms with Crippen LogP contribution in [0.1, 0.15) is 0 Å². The lowest BCUT2D eigenvalue weighted by Crippen LogP contribution is -2.02. The van der Waals surface area contributed by atoms with Gasteiger partial charge in [0.05, 0.1) is 27.8 Å². The van der Waals surface area contributed by atoms with Crippen molar-refractivity contribution in [1.29, 1.82) is 0 Å². The van der Waals surface area contributed by atoms with Gasteiger partial charge in [0.1, 0.15) is 0 Å². The zero-order chi connectivity index (χ0) is 45.4. The summed E-state index contributed by atoms with van der Waals surface area (Å²) < 4.78 is 7.32. The third kappa shape index (κ3) is 6.34. The Morgan fingerprint density at radius 2 is 0.812 bits per heavy atom. The molecule has 0 aliphatic carbocycles. The number of hydrogen-bond acceptors (Lipinski definition) is 4. The Kier molecular flexibility index (Phi) is 9.00. The van der Waals surface area contributed by atoms with E-state index < -0.39 is 0 Å². The van der Waals surface area contributed by atoms with E-state index in [1.54, 1.807) is 11.3 Å². The van der Waals surface area contributed by atoms with Crippen molar-refractivity contribution in [2.45, 2.75) is 0 Å². The number of para-hydroxylation sites is 3. The van der Waals surface area contributed by atoms with Gasteiger partial charge < -0.3 is 9.13 Å². The fraction of sp³-hybridized carbons (Fsp3) is 0. The molecule has 322 valence electrons. The normalized spacial score (nSPS) is 11.8. The molecule has 0 saturated heterocycles. The Bertz CT molecular complexity index is 4320. The van der Waals surface area contributed by atoms with Crippen molar-refractivity contribution in [3.63, 3.8) is 0 Å². The molecule has 0 radical (unpaired) electrons. The minimum absolute atomic E-state index is 0.621. The van der Waals surface area contributed by atoms with Crippen molar-refractivity contribution in [3.8, 4) is 67.8 Å². The predicted molar refractivity (Wildman–Crippen MR) is 289 cm³/mol. The maximum absolute atomic E-state index is 5.49. The molecule has 0 aliphatic rings. The maximum Gasteiger partial charge on any atom is 0.164 e. The van der Waals surface area contributed by atoms with Crippen LogP contribution in [0.25, 0.3) is 132 Å². The van der Waals surface area contributed by atoms with Crippen molar-refractivity contribution in [2.75, 3.05) is 0 Å². The van der Waals surface area contributed by atoms with Crippen LogP contribution < -0.4 is 0 Å². The Labute approximate surface area is 401 Å². The molecule has 4 aromatic heterocycles. The molecule has 0 amide bonds. The summed E-state index contributed by atoms with van der Waals surface area (Å²) in [5.41, 5.74) is 14.1. The van der Waals surface area contributed by atoms with Crippen LogP contribution in [0.3, 0.4) is 0 Å². The molecule has 0 N–H and O–H groups in total. The van der Waals surface area contributed by atoms with Crippen molar-refractivity contribution in [3.05, 3.63) is 237 Å². The molecule has 6 heteroatoms. The lowest BCUT2D eigenvalue weighted by molar-refractivity contribution is 1.08. The number of thiophene rings is 1. The van der Waals surface area contributed by atoms with Gasteiger partial charge in [-0.15, -0.1) is 11.3 Å². The minimum atomic E-state index is 0.621. The fourth-order valence-electron chi connectivity index (χ4n) is 10.5. The van der Waals surface area contributed by atoms with E-state index in [1.807, 2.05) is 0 Å². The van der Waals surface area contributed by atoms with Gasteiger partial charge in [0.15, 0.2) is 17.5 Å². The quantitative estimate of drug-likeness (QED) is 0.160. The fourth-order valence-corrected chi connectivity index (χ4v) is 11.7. The molecule has 14 aromatic rings. The number of nitrogens with zero attached hydrogens (tertiary/aromatic N) is 5. The summed E-state index contributed by atoms with van der Waals surface area (Å²) in [5, 5.41) is 6.96. The molecule has 0 unspecified atom stereocenters. The van der Waals surface area contributed by atoms with E-state index >= 15 is 0 Å². The summed E-state index contributed by atoms with van der Waals surface area (Å²) in [4.78, 5) is 16.3. The van der Waals surface area contributed by atoms with Crippen LogP contribution in [0.15, 0.2) is 237 Å². The molecule has 0 aliphatic heterocycles. The molecule has 4 heterocycles. The van der Waals surface area contributed by atoms with Gasteiger partial charge in [-0.2, -0.15) is 0 Å². The van der Waals surface area contributed by atoms with Crippen LogP contribution >= 0.6 is 11.3 Å². The first-order valence-electron chi connectivity index (χ1n) is 23.3. The van der Waals surface area contributed by atoms with Gasteiger partial charge in [0, 0.05) is 64.1 Å². The van der Waals surface area contributed by atoms with E-state index in [-0.39, 0.29) is 0 Å². The lowest BCUT2D eigenvalue weighted by Gasteiger charge is -2.15. The second-order valence-corrected chi connectivity index (χ2v) is 18.6. The molecule has 0 saturated carbocycles. The average Bonchev–Trinajstić information content (AvgIpc) is 4.09. The van der Waals surface area contributed by atoms with E-state index in [2.05, 4.69) is 246 Å². The standard InChI is InChI=1S/C63H39N5S/c1-3-18-40(19-4-1)42-22-13-24-44(38-42)61-64-62(66-63(65-61)51-31-17-37-57-59(51)49-28-9-12-36-56(49)69-57)50-30-16-34-54-58(50)48-27-8-11-33-53(48)68(54)55-35-15-29-47-46-26-7-10-32-52(46)67(60(47)55)45-25-14-23-43(39-45)41-20-5-2-6-21-41/h1-39H. The lowest BCUT2D eigenvalue weighted by atomic mass is 10.0. The summed E-state index contributed by atoms with van der Waals surface area (Å²) in [5.74, 6) is 1.88. The van der Waals surface area contributed by atoms with Gasteiger partial charge in [-0.25, -0.2) is 15.0 Å². The second kappa shape index (κ2) is 15.8. The highest BCUT2D eigenvalue weighted by molar-refractivity contribution is 7.25. The van der Waals surface area contributed by atoms with Crippen LogP contribution in [0.5, 0.6) is 0 Å². The van der Waals surface area contributed by atoms with Gasteiger partial charge in [0.2, 0.25) is 0 Å². The van der Waals surface area contributed by atoms with Crippen LogP contribution in [0.4, 0.5) is 0 Å². The van der Waals surface area contributed by atoms with Gasteiger partial charge in [-0.05, 0) is 76.9 Å². The molecule has 0 bridgehead atoms. The van der Waals surface area contributed by atoms with Gasteiger partial charge in [-0.3, -0.25) is 0 Å². The molecular weight excluding hydrogens is 859 g/mol. The van der Waals surface area contributed by atoms with E-state index in [0.29, 0.717) is 17.5 Å². The number of fused-ring (bicyclic) bond motifs is 9.